The summed E-state index contributed by atoms with van der Waals surface area (Å²) in [5.41, 5.74) is 0.133. The molecule has 0 heterocycles. The van der Waals surface area contributed by atoms with Crippen molar-refractivity contribution in [2.45, 2.75) is 26.9 Å². The third-order valence-corrected chi connectivity index (χ3v) is 1.34. The molecule has 0 spiro atoms. The van der Waals surface area contributed by atoms with Crippen molar-refractivity contribution in [2.75, 3.05) is 19.8 Å². The van der Waals surface area contributed by atoms with Gasteiger partial charge < -0.3 is 9.57 Å². The number of ether oxygens (including phenoxy) is 1. The van der Waals surface area contributed by atoms with Crippen LogP contribution in [-0.4, -0.2) is 25.9 Å². The van der Waals surface area contributed by atoms with Crippen molar-refractivity contribution >= 4 is 0 Å². The largest absolute Gasteiger partial charge is 0.373 e. The van der Waals surface area contributed by atoms with Crippen molar-refractivity contribution < 1.29 is 20.3 Å². The first-order valence-electron chi connectivity index (χ1n) is 4.30. The Morgan fingerprint density at radius 3 is 2.31 bits per heavy atom. The van der Waals surface area contributed by atoms with Gasteiger partial charge in [0.15, 0.2) is 0 Å². The van der Waals surface area contributed by atoms with Gasteiger partial charge in [0.2, 0.25) is 0 Å². The summed E-state index contributed by atoms with van der Waals surface area (Å²) in [6, 6.07) is 0. The van der Waals surface area contributed by atoms with E-state index in [1.54, 1.807) is 0 Å². The van der Waals surface area contributed by atoms with E-state index in [-0.39, 0.29) is 11.5 Å². The van der Waals surface area contributed by atoms with Crippen LogP contribution in [0.5, 0.6) is 0 Å². The minimum atomic E-state index is -0.137. The summed E-state index contributed by atoms with van der Waals surface area (Å²) in [7, 11) is 0. The molecule has 0 aliphatic rings. The molecular weight excluding hydrogens is 172 g/mol. The number of hydrogen-bond donors (Lipinski definition) is 2. The summed E-state index contributed by atoms with van der Waals surface area (Å²) < 4.78 is 5.52. The molecule has 80 valence electrons. The maximum absolute atomic E-state index is 5.52. The second-order valence-electron chi connectivity index (χ2n) is 4.20. The Bertz CT molecular complexity index is 119. The Morgan fingerprint density at radius 1 is 1.31 bits per heavy atom. The molecule has 0 aromatic heterocycles. The molecule has 0 rings (SSSR count). The van der Waals surface area contributed by atoms with E-state index in [1.807, 2.05) is 0 Å². The minimum Gasteiger partial charge on any atom is -0.373 e. The smallest absolute Gasteiger partial charge is 0.134 e. The first-order chi connectivity index (χ1) is 5.99. The Hall–Kier alpha value is -0.200. The Morgan fingerprint density at radius 2 is 1.92 bits per heavy atom. The number of nitrogens with two attached hydrogens (primary N) is 1. The van der Waals surface area contributed by atoms with E-state index in [0.717, 1.165) is 0 Å². The standard InChI is InChI=1S/C8H21N2O3/c1-8(2,3)6-11-7(4-12-9)5-13-10/h7H,4-6,9H2,1-3,10H3/q+1. The van der Waals surface area contributed by atoms with Gasteiger partial charge >= 0.3 is 0 Å². The molecule has 0 bridgehead atoms. The SMILES string of the molecule is CC(C)(C)COC(CON)CO[NH3+]. The van der Waals surface area contributed by atoms with Crippen LogP contribution in [0.2, 0.25) is 0 Å². The van der Waals surface area contributed by atoms with Crippen molar-refractivity contribution in [3.05, 3.63) is 0 Å². The van der Waals surface area contributed by atoms with Crippen molar-refractivity contribution in [3.8, 4) is 0 Å². The number of hydrogen-bond acceptors (Lipinski definition) is 4. The maximum Gasteiger partial charge on any atom is 0.134 e. The molecule has 5 heteroatoms. The van der Waals surface area contributed by atoms with Gasteiger partial charge in [-0.15, -0.1) is 0 Å². The zero-order valence-corrected chi connectivity index (χ0v) is 8.71. The predicted octanol–water partition coefficient (Wildman–Crippen LogP) is -0.518. The van der Waals surface area contributed by atoms with Crippen molar-refractivity contribution in [1.29, 1.82) is 0 Å². The average molecular weight is 193 g/mol. The first kappa shape index (κ1) is 12.8. The van der Waals surface area contributed by atoms with Gasteiger partial charge in [-0.05, 0) is 5.41 Å². The highest BCUT2D eigenvalue weighted by Crippen LogP contribution is 2.14. The molecule has 0 aromatic rings. The van der Waals surface area contributed by atoms with Gasteiger partial charge in [0.1, 0.15) is 12.7 Å². The topological polar surface area (TPSA) is 81.4 Å². The molecule has 0 aliphatic heterocycles. The molecule has 0 fully saturated rings. The van der Waals surface area contributed by atoms with Crippen LogP contribution in [0.1, 0.15) is 20.8 Å². The van der Waals surface area contributed by atoms with Gasteiger partial charge in [-0.25, -0.2) is 16.6 Å². The fourth-order valence-electron chi connectivity index (χ4n) is 0.751. The highest BCUT2D eigenvalue weighted by atomic mass is 16.6. The molecule has 0 amide bonds. The lowest BCUT2D eigenvalue weighted by Gasteiger charge is -2.22. The van der Waals surface area contributed by atoms with Gasteiger partial charge in [-0.2, -0.15) is 0 Å². The monoisotopic (exact) mass is 193 g/mol. The quantitative estimate of drug-likeness (QED) is 0.556. The fourth-order valence-corrected chi connectivity index (χ4v) is 0.751. The van der Waals surface area contributed by atoms with Crippen LogP contribution in [0.25, 0.3) is 0 Å². The second kappa shape index (κ2) is 6.28. The Kier molecular flexibility index (Phi) is 6.19. The van der Waals surface area contributed by atoms with Crippen LogP contribution in [0, 0.1) is 5.41 Å². The van der Waals surface area contributed by atoms with Crippen molar-refractivity contribution in [3.63, 3.8) is 0 Å². The number of rotatable bonds is 6. The molecule has 1 unspecified atom stereocenters. The van der Waals surface area contributed by atoms with Crippen LogP contribution in [0.15, 0.2) is 0 Å². The molecular formula is C8H21N2O3+. The number of quaternary nitrogens is 1. The van der Waals surface area contributed by atoms with Crippen LogP contribution in [0.4, 0.5) is 0 Å². The van der Waals surface area contributed by atoms with E-state index in [1.165, 1.54) is 0 Å². The Balaban J connectivity index is 3.68. The van der Waals surface area contributed by atoms with Gasteiger partial charge in [0.05, 0.1) is 13.2 Å². The van der Waals surface area contributed by atoms with E-state index in [9.17, 15) is 0 Å². The van der Waals surface area contributed by atoms with Gasteiger partial charge in [-0.3, -0.25) is 0 Å². The zero-order valence-electron chi connectivity index (χ0n) is 8.71. The van der Waals surface area contributed by atoms with Crippen molar-refractivity contribution in [1.82, 2.24) is 0 Å². The third-order valence-electron chi connectivity index (χ3n) is 1.34. The zero-order chi connectivity index (χ0) is 10.3. The lowest BCUT2D eigenvalue weighted by Crippen LogP contribution is -2.52. The van der Waals surface area contributed by atoms with E-state index < -0.39 is 0 Å². The highest BCUT2D eigenvalue weighted by Gasteiger charge is 2.16. The second-order valence-corrected chi connectivity index (χ2v) is 4.20. The molecule has 5 nitrogen and oxygen atoms in total. The van der Waals surface area contributed by atoms with E-state index in [2.05, 4.69) is 31.5 Å². The predicted molar refractivity (Wildman–Crippen MR) is 48.2 cm³/mol. The summed E-state index contributed by atoms with van der Waals surface area (Å²) in [5, 5.41) is 0. The van der Waals surface area contributed by atoms with Crippen LogP contribution in [-0.2, 0) is 14.4 Å². The minimum absolute atomic E-state index is 0.133. The van der Waals surface area contributed by atoms with Gasteiger partial charge in [0, 0.05) is 0 Å². The third kappa shape index (κ3) is 8.14. The molecule has 0 saturated heterocycles. The van der Waals surface area contributed by atoms with Gasteiger partial charge in [-0.1, -0.05) is 20.8 Å². The summed E-state index contributed by atoms with van der Waals surface area (Å²) >= 11 is 0. The summed E-state index contributed by atoms with van der Waals surface area (Å²) in [6.07, 6.45) is -0.137. The molecule has 0 aromatic carbocycles. The lowest BCUT2D eigenvalue weighted by molar-refractivity contribution is -0.691. The lowest BCUT2D eigenvalue weighted by atomic mass is 9.99. The fraction of sp³-hybridized carbons (Fsp3) is 1.00. The van der Waals surface area contributed by atoms with E-state index >= 15 is 0 Å². The molecule has 0 saturated carbocycles. The molecule has 13 heavy (non-hydrogen) atoms. The van der Waals surface area contributed by atoms with E-state index in [0.29, 0.717) is 19.8 Å². The summed E-state index contributed by atoms with van der Waals surface area (Å²) in [4.78, 5) is 9.20. The summed E-state index contributed by atoms with van der Waals surface area (Å²) in [6.45, 7) is 7.65. The summed E-state index contributed by atoms with van der Waals surface area (Å²) in [5.74, 6) is 8.22. The first-order valence-corrected chi connectivity index (χ1v) is 4.30. The normalized spacial score (nSPS) is 14.5. The molecule has 5 N–H and O–H groups in total. The molecule has 0 radical (unpaired) electrons. The Labute approximate surface area is 79.2 Å². The van der Waals surface area contributed by atoms with E-state index in [4.69, 9.17) is 15.5 Å². The van der Waals surface area contributed by atoms with Gasteiger partial charge in [0.25, 0.3) is 0 Å². The van der Waals surface area contributed by atoms with Crippen LogP contribution in [0.3, 0.4) is 0 Å². The average Bonchev–Trinajstić information content (AvgIpc) is 2.00. The molecule has 0 aliphatic carbocycles. The molecule has 1 atom stereocenters. The maximum atomic E-state index is 5.52. The van der Waals surface area contributed by atoms with Crippen LogP contribution >= 0.6 is 0 Å². The van der Waals surface area contributed by atoms with Crippen LogP contribution < -0.4 is 11.8 Å². The highest BCUT2D eigenvalue weighted by molar-refractivity contribution is 4.62. The van der Waals surface area contributed by atoms with Crippen molar-refractivity contribution in [2.24, 2.45) is 11.3 Å².